The average Bonchev–Trinajstić information content (AvgIpc) is 2.69. The summed E-state index contributed by atoms with van der Waals surface area (Å²) in [6.45, 7) is 0.220. The van der Waals surface area contributed by atoms with Crippen LogP contribution < -0.4 is 10.3 Å². The second kappa shape index (κ2) is 8.29. The Labute approximate surface area is 152 Å². The van der Waals surface area contributed by atoms with Gasteiger partial charge in [-0.3, -0.25) is 9.59 Å². The van der Waals surface area contributed by atoms with E-state index in [1.165, 1.54) is 12.3 Å². The van der Waals surface area contributed by atoms with E-state index < -0.39 is 0 Å². The zero-order valence-corrected chi connectivity index (χ0v) is 14.2. The molecule has 26 heavy (non-hydrogen) atoms. The summed E-state index contributed by atoms with van der Waals surface area (Å²) in [5.74, 6) is 0.177. The maximum Gasteiger partial charge on any atom is 0.270 e. The average molecular weight is 344 g/mol. The molecular weight excluding hydrogens is 327 g/mol. The van der Waals surface area contributed by atoms with Crippen LogP contribution in [0.1, 0.15) is 21.5 Å². The van der Waals surface area contributed by atoms with Gasteiger partial charge in [-0.25, -0.2) is 4.68 Å². The Bertz CT molecular complexity index is 937. The molecule has 0 unspecified atom stereocenters. The number of rotatable bonds is 7. The summed E-state index contributed by atoms with van der Waals surface area (Å²) in [5, 5.41) is 4.03. The summed E-state index contributed by atoms with van der Waals surface area (Å²) in [7, 11) is 5.54. The van der Waals surface area contributed by atoms with Gasteiger partial charge < -0.3 is 4.74 Å². The van der Waals surface area contributed by atoms with Crippen molar-refractivity contribution in [3.8, 4) is 5.75 Å². The van der Waals surface area contributed by atoms with E-state index in [9.17, 15) is 9.59 Å². The third-order valence-corrected chi connectivity index (χ3v) is 3.90. The smallest absolute Gasteiger partial charge is 0.270 e. The Kier molecular flexibility index (Phi) is 5.64. The second-order valence-corrected chi connectivity index (χ2v) is 5.79. The van der Waals surface area contributed by atoms with Crippen LogP contribution in [0.2, 0.25) is 0 Å². The Morgan fingerprint density at radius 2 is 1.77 bits per heavy atom. The van der Waals surface area contributed by atoms with Gasteiger partial charge >= 0.3 is 0 Å². The van der Waals surface area contributed by atoms with Crippen molar-refractivity contribution >= 4 is 13.6 Å². The van der Waals surface area contributed by atoms with Crippen LogP contribution in [0, 0.1) is 0 Å². The number of hydrogen-bond donors (Lipinski definition) is 0. The highest BCUT2D eigenvalue weighted by Gasteiger charge is 2.09. The molecule has 0 N–H and O–H groups in total. The van der Waals surface area contributed by atoms with Crippen molar-refractivity contribution in [3.05, 3.63) is 93.9 Å². The van der Waals surface area contributed by atoms with Crippen LogP contribution in [0.5, 0.6) is 5.75 Å². The first kappa shape index (κ1) is 17.7. The van der Waals surface area contributed by atoms with E-state index in [0.29, 0.717) is 24.2 Å². The minimum absolute atomic E-state index is 0.125. The maximum absolute atomic E-state index is 12.3. The molecule has 0 aliphatic carbocycles. The molecule has 0 bridgehead atoms. The van der Waals surface area contributed by atoms with Gasteiger partial charge in [0.25, 0.3) is 5.56 Å². The highest BCUT2D eigenvalue weighted by Crippen LogP contribution is 2.09. The van der Waals surface area contributed by atoms with Crippen molar-refractivity contribution in [3.63, 3.8) is 0 Å². The number of carbonyl (C=O) groups excluding carboxylic acids is 1. The summed E-state index contributed by atoms with van der Waals surface area (Å²) in [4.78, 5) is 24.5. The number of ketones is 1. The van der Waals surface area contributed by atoms with Gasteiger partial charge in [0.2, 0.25) is 0 Å². The predicted octanol–water partition coefficient (Wildman–Crippen LogP) is 2.37. The van der Waals surface area contributed by atoms with Gasteiger partial charge in [0.1, 0.15) is 18.9 Å². The minimum atomic E-state index is -0.387. The lowest BCUT2D eigenvalue weighted by atomic mass is 9.96. The molecule has 1 heterocycles. The maximum atomic E-state index is 12.3. The van der Waals surface area contributed by atoms with Crippen molar-refractivity contribution in [1.29, 1.82) is 0 Å². The highest BCUT2D eigenvalue weighted by molar-refractivity contribution is 6.08. The molecule has 3 aromatic rings. The fraction of sp³-hybridized carbons (Fsp3) is 0.150. The van der Waals surface area contributed by atoms with Gasteiger partial charge in [0.15, 0.2) is 5.78 Å². The van der Waals surface area contributed by atoms with Crippen LogP contribution >= 0.6 is 0 Å². The third-order valence-electron chi connectivity index (χ3n) is 3.90. The fourth-order valence-corrected chi connectivity index (χ4v) is 2.41. The molecule has 0 saturated heterocycles. The number of nitrogens with zero attached hydrogens (tertiary/aromatic N) is 2. The van der Waals surface area contributed by atoms with Crippen LogP contribution in [0.3, 0.4) is 0 Å². The normalized spacial score (nSPS) is 10.5. The molecular formula is C20H17BN2O3. The molecule has 0 aliphatic rings. The SMILES string of the molecule is [B]Cc1ccc(C(=O)Cn2ncc(OCc3ccccc3)cc2=O)cc1. The largest absolute Gasteiger partial charge is 0.487 e. The van der Waals surface area contributed by atoms with Gasteiger partial charge in [-0.15, -0.1) is 0 Å². The molecule has 3 rings (SSSR count). The number of hydrogen-bond acceptors (Lipinski definition) is 4. The lowest BCUT2D eigenvalue weighted by Crippen LogP contribution is -2.26. The molecule has 0 atom stereocenters. The molecule has 2 radical (unpaired) electrons. The highest BCUT2D eigenvalue weighted by atomic mass is 16.5. The molecule has 0 fully saturated rings. The molecule has 2 aromatic carbocycles. The first-order chi connectivity index (χ1) is 12.7. The zero-order chi connectivity index (χ0) is 18.4. The van der Waals surface area contributed by atoms with E-state index in [1.54, 1.807) is 24.3 Å². The van der Waals surface area contributed by atoms with E-state index in [0.717, 1.165) is 15.8 Å². The Balaban J connectivity index is 1.65. The Morgan fingerprint density at radius 3 is 2.42 bits per heavy atom. The molecule has 1 aromatic heterocycles. The Hall–Kier alpha value is -3.15. The molecule has 5 nitrogen and oxygen atoms in total. The van der Waals surface area contributed by atoms with Crippen molar-refractivity contribution < 1.29 is 9.53 Å². The molecule has 0 saturated carbocycles. The number of Topliss-reactive ketones (excluding diaryl/α,β-unsaturated/α-hetero) is 1. The summed E-state index contributed by atoms with van der Waals surface area (Å²) < 4.78 is 6.69. The minimum Gasteiger partial charge on any atom is -0.487 e. The van der Waals surface area contributed by atoms with Crippen molar-refractivity contribution in [2.24, 2.45) is 0 Å². The van der Waals surface area contributed by atoms with E-state index in [1.807, 2.05) is 30.3 Å². The fourth-order valence-electron chi connectivity index (χ4n) is 2.41. The van der Waals surface area contributed by atoms with Crippen molar-refractivity contribution in [2.45, 2.75) is 19.5 Å². The molecule has 6 heteroatoms. The van der Waals surface area contributed by atoms with Gasteiger partial charge in [-0.1, -0.05) is 66.5 Å². The number of aromatic nitrogens is 2. The van der Waals surface area contributed by atoms with E-state index in [-0.39, 0.29) is 17.9 Å². The van der Waals surface area contributed by atoms with E-state index in [4.69, 9.17) is 12.6 Å². The lowest BCUT2D eigenvalue weighted by Gasteiger charge is -2.08. The Morgan fingerprint density at radius 1 is 1.04 bits per heavy atom. The van der Waals surface area contributed by atoms with Gasteiger partial charge in [-0.05, 0) is 5.56 Å². The number of benzene rings is 2. The van der Waals surface area contributed by atoms with Crippen LogP contribution in [0.25, 0.3) is 0 Å². The van der Waals surface area contributed by atoms with Gasteiger partial charge in [-0.2, -0.15) is 5.10 Å². The van der Waals surface area contributed by atoms with Crippen LogP contribution in [0.4, 0.5) is 0 Å². The quantitative estimate of drug-likeness (QED) is 0.488. The monoisotopic (exact) mass is 344 g/mol. The molecule has 128 valence electrons. The summed E-state index contributed by atoms with van der Waals surface area (Å²) in [6, 6.07) is 18.0. The molecule has 0 amide bonds. The molecule has 0 aliphatic heterocycles. The number of carbonyl (C=O) groups is 1. The van der Waals surface area contributed by atoms with Crippen LogP contribution in [-0.2, 0) is 19.5 Å². The third kappa shape index (κ3) is 4.48. The first-order valence-electron chi connectivity index (χ1n) is 8.22. The van der Waals surface area contributed by atoms with E-state index in [2.05, 4.69) is 5.10 Å². The van der Waals surface area contributed by atoms with E-state index >= 15 is 0 Å². The zero-order valence-electron chi connectivity index (χ0n) is 14.2. The van der Waals surface area contributed by atoms with Crippen LogP contribution in [-0.4, -0.2) is 23.4 Å². The summed E-state index contributed by atoms with van der Waals surface area (Å²) in [5.41, 5.74) is 2.06. The van der Waals surface area contributed by atoms with Crippen LogP contribution in [0.15, 0.2) is 71.7 Å². The van der Waals surface area contributed by atoms with Crippen molar-refractivity contribution in [1.82, 2.24) is 9.78 Å². The number of ether oxygens (including phenoxy) is 1. The van der Waals surface area contributed by atoms with Crippen molar-refractivity contribution in [2.75, 3.05) is 0 Å². The predicted molar refractivity (Wildman–Crippen MR) is 99.5 cm³/mol. The van der Waals surface area contributed by atoms with Gasteiger partial charge in [0, 0.05) is 11.6 Å². The lowest BCUT2D eigenvalue weighted by molar-refractivity contribution is 0.0965. The first-order valence-corrected chi connectivity index (χ1v) is 8.22. The second-order valence-electron chi connectivity index (χ2n) is 5.79. The summed E-state index contributed by atoms with van der Waals surface area (Å²) >= 11 is 0. The molecule has 0 spiro atoms. The van der Waals surface area contributed by atoms with Gasteiger partial charge in [0.05, 0.1) is 14.0 Å². The summed E-state index contributed by atoms with van der Waals surface area (Å²) in [6.07, 6.45) is 1.86. The standard InChI is InChI=1S/C20H17BN2O3/c21-11-15-6-8-17(9-7-15)19(24)13-23-20(25)10-18(12-22-23)26-14-16-4-2-1-3-5-16/h1-10,12H,11,13-14H2. The topological polar surface area (TPSA) is 61.2 Å².